The van der Waals surface area contributed by atoms with Gasteiger partial charge in [-0.25, -0.2) is 0 Å². The molecule has 0 amide bonds. The first kappa shape index (κ1) is 15.4. The Kier molecular flexibility index (Phi) is 5.22. The minimum absolute atomic E-state index is 0.0347. The van der Waals surface area contributed by atoms with Gasteiger partial charge in [0, 0.05) is 29.6 Å². The highest BCUT2D eigenvalue weighted by Crippen LogP contribution is 2.25. The molecule has 0 radical (unpaired) electrons. The fraction of sp³-hybridized carbons (Fsp3) is 0.438. The van der Waals surface area contributed by atoms with Crippen molar-refractivity contribution < 1.29 is 9.84 Å². The second kappa shape index (κ2) is 7.13. The lowest BCUT2D eigenvalue weighted by Crippen LogP contribution is -2.07. The van der Waals surface area contributed by atoms with E-state index in [1.165, 1.54) is 0 Å². The molecule has 0 aliphatic rings. The molecule has 2 N–H and O–H groups in total. The smallest absolute Gasteiger partial charge is 0.124 e. The molecule has 5 nitrogen and oxygen atoms in total. The van der Waals surface area contributed by atoms with Crippen LogP contribution in [0.25, 0.3) is 0 Å². The molecule has 0 saturated heterocycles. The summed E-state index contributed by atoms with van der Waals surface area (Å²) in [5.74, 6) is 0.733. The molecule has 0 saturated carbocycles. The normalized spacial score (nSPS) is 12.2. The fourth-order valence-electron chi connectivity index (χ4n) is 2.20. The maximum Gasteiger partial charge on any atom is 0.124 e. The number of hydrogen-bond donors (Lipinski definition) is 2. The lowest BCUT2D eigenvalue weighted by atomic mass is 10.1. The van der Waals surface area contributed by atoms with Gasteiger partial charge in [-0.05, 0) is 39.0 Å². The van der Waals surface area contributed by atoms with Gasteiger partial charge >= 0.3 is 0 Å². The molecule has 0 spiro atoms. The largest absolute Gasteiger partial charge is 0.494 e. The summed E-state index contributed by atoms with van der Waals surface area (Å²) in [4.78, 5) is 0. The van der Waals surface area contributed by atoms with Gasteiger partial charge in [-0.2, -0.15) is 5.10 Å². The van der Waals surface area contributed by atoms with Gasteiger partial charge in [-0.3, -0.25) is 4.68 Å². The topological polar surface area (TPSA) is 59.3 Å². The number of aliphatic hydroxyl groups is 1. The van der Waals surface area contributed by atoms with Crippen LogP contribution < -0.4 is 10.1 Å². The highest BCUT2D eigenvalue weighted by Gasteiger charge is 2.10. The van der Waals surface area contributed by atoms with Crippen LogP contribution in [0, 0.1) is 0 Å². The Hall–Kier alpha value is -2.01. The second-order valence-electron chi connectivity index (χ2n) is 4.91. The molecule has 0 aliphatic heterocycles. The highest BCUT2D eigenvalue weighted by atomic mass is 16.5. The van der Waals surface area contributed by atoms with E-state index in [2.05, 4.69) is 24.3 Å². The van der Waals surface area contributed by atoms with E-state index in [1.54, 1.807) is 0 Å². The van der Waals surface area contributed by atoms with Gasteiger partial charge in [0.25, 0.3) is 0 Å². The molecule has 1 aromatic carbocycles. The van der Waals surface area contributed by atoms with Gasteiger partial charge in [0.1, 0.15) is 5.75 Å². The van der Waals surface area contributed by atoms with Crippen LogP contribution in [0.2, 0.25) is 0 Å². The molecular formula is C16H23N3O2. The third-order valence-electron chi connectivity index (χ3n) is 3.39. The molecule has 1 unspecified atom stereocenters. The summed E-state index contributed by atoms with van der Waals surface area (Å²) in [5, 5.41) is 17.1. The van der Waals surface area contributed by atoms with E-state index in [0.29, 0.717) is 6.61 Å². The van der Waals surface area contributed by atoms with E-state index in [-0.39, 0.29) is 12.6 Å². The van der Waals surface area contributed by atoms with Crippen LogP contribution in [0.1, 0.15) is 37.9 Å². The first-order valence-corrected chi connectivity index (χ1v) is 7.33. The Labute approximate surface area is 125 Å². The monoisotopic (exact) mass is 289 g/mol. The number of aliphatic hydroxyl groups excluding tert-OH is 1. The van der Waals surface area contributed by atoms with Crippen LogP contribution in [0.3, 0.4) is 0 Å². The molecule has 0 fully saturated rings. The summed E-state index contributed by atoms with van der Waals surface area (Å²) in [6.07, 6.45) is 3.92. The van der Waals surface area contributed by atoms with Crippen molar-refractivity contribution in [3.8, 4) is 5.75 Å². The van der Waals surface area contributed by atoms with Crippen molar-refractivity contribution in [2.75, 3.05) is 11.9 Å². The molecule has 2 rings (SSSR count). The zero-order valence-electron chi connectivity index (χ0n) is 12.8. The van der Waals surface area contributed by atoms with E-state index in [0.717, 1.165) is 29.1 Å². The van der Waals surface area contributed by atoms with Gasteiger partial charge in [-0.15, -0.1) is 0 Å². The number of ether oxygens (including phenoxy) is 1. The number of nitrogens with one attached hydrogen (secondary N) is 1. The third kappa shape index (κ3) is 3.76. The average Bonchev–Trinajstić information content (AvgIpc) is 2.98. The summed E-state index contributed by atoms with van der Waals surface area (Å²) in [7, 11) is 0. The van der Waals surface area contributed by atoms with Crippen LogP contribution in [0.15, 0.2) is 30.6 Å². The van der Waals surface area contributed by atoms with Crippen molar-refractivity contribution in [3.63, 3.8) is 0 Å². The van der Waals surface area contributed by atoms with Crippen LogP contribution in [-0.2, 0) is 13.2 Å². The summed E-state index contributed by atoms with van der Waals surface area (Å²) < 4.78 is 7.40. The Bertz CT molecular complexity index is 581. The minimum Gasteiger partial charge on any atom is -0.494 e. The SMILES string of the molecule is CCOc1ccc(NC(C)c2cnn(CC)c2)cc1CO. The number of nitrogens with zero attached hydrogens (tertiary/aromatic N) is 2. The first-order valence-electron chi connectivity index (χ1n) is 7.33. The number of aromatic nitrogens is 2. The van der Waals surface area contributed by atoms with Gasteiger partial charge < -0.3 is 15.2 Å². The molecule has 2 aromatic rings. The van der Waals surface area contributed by atoms with Gasteiger partial charge in [0.05, 0.1) is 25.5 Å². The van der Waals surface area contributed by atoms with Gasteiger partial charge in [0.2, 0.25) is 0 Å². The Balaban J connectivity index is 2.11. The van der Waals surface area contributed by atoms with E-state index in [4.69, 9.17) is 4.74 Å². The van der Waals surface area contributed by atoms with E-state index in [1.807, 2.05) is 42.2 Å². The maximum absolute atomic E-state index is 9.43. The predicted molar refractivity (Wildman–Crippen MR) is 83.5 cm³/mol. The number of hydrogen-bond acceptors (Lipinski definition) is 4. The van der Waals surface area contributed by atoms with Gasteiger partial charge in [-0.1, -0.05) is 0 Å². The maximum atomic E-state index is 9.43. The van der Waals surface area contributed by atoms with Crippen LogP contribution in [-0.4, -0.2) is 21.5 Å². The Morgan fingerprint density at radius 2 is 2.19 bits per heavy atom. The summed E-state index contributed by atoms with van der Waals surface area (Å²) in [6, 6.07) is 5.92. The molecule has 1 heterocycles. The van der Waals surface area contributed by atoms with Crippen molar-refractivity contribution in [2.45, 2.75) is 40.0 Å². The van der Waals surface area contributed by atoms with Crippen molar-refractivity contribution in [1.82, 2.24) is 9.78 Å². The minimum atomic E-state index is -0.0347. The van der Waals surface area contributed by atoms with Crippen LogP contribution >= 0.6 is 0 Å². The number of benzene rings is 1. The van der Waals surface area contributed by atoms with Crippen molar-refractivity contribution in [3.05, 3.63) is 41.7 Å². The van der Waals surface area contributed by atoms with Crippen molar-refractivity contribution >= 4 is 5.69 Å². The summed E-state index contributed by atoms with van der Waals surface area (Å²) >= 11 is 0. The van der Waals surface area contributed by atoms with Crippen molar-refractivity contribution in [2.24, 2.45) is 0 Å². The van der Waals surface area contributed by atoms with Crippen LogP contribution in [0.5, 0.6) is 5.75 Å². The average molecular weight is 289 g/mol. The first-order chi connectivity index (χ1) is 10.2. The zero-order chi connectivity index (χ0) is 15.2. The van der Waals surface area contributed by atoms with Gasteiger partial charge in [0.15, 0.2) is 0 Å². The Morgan fingerprint density at radius 1 is 1.38 bits per heavy atom. The number of rotatable bonds is 7. The summed E-state index contributed by atoms with van der Waals surface area (Å²) in [5.41, 5.74) is 2.88. The molecule has 21 heavy (non-hydrogen) atoms. The highest BCUT2D eigenvalue weighted by molar-refractivity contribution is 5.52. The molecule has 114 valence electrons. The molecule has 1 atom stereocenters. The van der Waals surface area contributed by atoms with E-state index < -0.39 is 0 Å². The molecular weight excluding hydrogens is 266 g/mol. The van der Waals surface area contributed by atoms with E-state index in [9.17, 15) is 5.11 Å². The number of anilines is 1. The predicted octanol–water partition coefficient (Wildman–Crippen LogP) is 2.97. The third-order valence-corrected chi connectivity index (χ3v) is 3.39. The molecule has 1 aromatic heterocycles. The van der Waals surface area contributed by atoms with E-state index >= 15 is 0 Å². The van der Waals surface area contributed by atoms with Crippen molar-refractivity contribution in [1.29, 1.82) is 0 Å². The quantitative estimate of drug-likeness (QED) is 0.822. The lowest BCUT2D eigenvalue weighted by molar-refractivity contribution is 0.267. The standard InChI is InChI=1S/C16H23N3O2/c1-4-19-10-14(9-17-19)12(3)18-15-6-7-16(21-5-2)13(8-15)11-20/h6-10,12,18,20H,4-5,11H2,1-3H3. The lowest BCUT2D eigenvalue weighted by Gasteiger charge is -2.16. The zero-order valence-corrected chi connectivity index (χ0v) is 12.8. The second-order valence-corrected chi connectivity index (χ2v) is 4.91. The summed E-state index contributed by atoms with van der Waals surface area (Å²) in [6.45, 7) is 7.51. The molecule has 5 heteroatoms. The van der Waals surface area contributed by atoms with Crippen LogP contribution in [0.4, 0.5) is 5.69 Å². The Morgan fingerprint density at radius 3 is 2.81 bits per heavy atom. The number of aryl methyl sites for hydroxylation is 1. The molecule has 0 bridgehead atoms. The fourth-order valence-corrected chi connectivity index (χ4v) is 2.20. The molecule has 0 aliphatic carbocycles.